The van der Waals surface area contributed by atoms with Crippen molar-refractivity contribution in [1.82, 2.24) is 5.32 Å². The second-order valence-corrected chi connectivity index (χ2v) is 39.0. The number of benzene rings is 1. The lowest BCUT2D eigenvalue weighted by molar-refractivity contribution is -0.274. The predicted molar refractivity (Wildman–Crippen MR) is 375 cm³/mol. The lowest BCUT2D eigenvalue weighted by atomic mass is 9.30. The molecule has 15 nitrogen and oxygen atoms in total. The van der Waals surface area contributed by atoms with Gasteiger partial charge in [-0.1, -0.05) is 129 Å². The molecule has 1 aromatic rings. The largest absolute Gasteiger partial charge is 0.508 e. The van der Waals surface area contributed by atoms with E-state index in [4.69, 9.17) is 14.2 Å². The van der Waals surface area contributed by atoms with E-state index in [2.05, 4.69) is 98.7 Å². The van der Waals surface area contributed by atoms with E-state index in [1.807, 2.05) is 17.9 Å². The molecule has 6 spiro atoms. The van der Waals surface area contributed by atoms with Crippen molar-refractivity contribution in [1.29, 1.82) is 0 Å². The summed E-state index contributed by atoms with van der Waals surface area (Å²) < 4.78 is 21.0. The molecule has 28 unspecified atom stereocenters. The molecule has 4 saturated heterocycles. The molecule has 9 N–H and O–H groups in total. The molecule has 9 heterocycles. The zero-order chi connectivity index (χ0) is 68.0. The average molecular weight is 1390 g/mol. The highest BCUT2D eigenvalue weighted by molar-refractivity contribution is 8.76. The third-order valence-corrected chi connectivity index (χ3v) is 36.2. The molecule has 12 aliphatic carbocycles. The second-order valence-electron chi connectivity index (χ2n) is 36.6. The van der Waals surface area contributed by atoms with E-state index in [1.54, 1.807) is 12.1 Å². The van der Waals surface area contributed by atoms with Crippen molar-refractivity contribution >= 4 is 39.0 Å². The summed E-state index contributed by atoms with van der Waals surface area (Å²) in [5.41, 5.74) is -11.5. The Morgan fingerprint density at radius 3 is 2.58 bits per heavy atom. The average Bonchev–Trinajstić information content (AvgIpc) is 1.51. The topological polar surface area (TPSA) is 242 Å². The first-order valence-electron chi connectivity index (χ1n) is 38.2. The Kier molecular flexibility index (Phi) is 13.6. The molecule has 1 amide bonds. The maximum absolute atomic E-state index is 18.1. The van der Waals surface area contributed by atoms with Gasteiger partial charge in [-0.25, -0.2) is 0 Å². The van der Waals surface area contributed by atoms with Gasteiger partial charge >= 0.3 is 0 Å². The monoisotopic (exact) mass is 1380 g/mol. The number of aromatic hydroxyl groups is 1. The number of amides is 1. The van der Waals surface area contributed by atoms with Gasteiger partial charge in [0.2, 0.25) is 5.91 Å². The zero-order valence-electron chi connectivity index (χ0n) is 57.8. The number of hydrogen-bond acceptors (Lipinski definition) is 16. The lowest BCUT2D eigenvalue weighted by Crippen LogP contribution is -2.78. The van der Waals surface area contributed by atoms with E-state index < -0.39 is 114 Å². The van der Waals surface area contributed by atoms with Gasteiger partial charge in [-0.05, 0) is 196 Å². The summed E-state index contributed by atoms with van der Waals surface area (Å²) in [6.45, 7) is 8.60. The van der Waals surface area contributed by atoms with Crippen molar-refractivity contribution in [2.24, 2.45) is 102 Å². The second kappa shape index (κ2) is 20.8. The normalized spacial score (nSPS) is 54.1. The number of epoxide rings is 1. The highest BCUT2D eigenvalue weighted by Gasteiger charge is 2.89. The van der Waals surface area contributed by atoms with Crippen LogP contribution < -0.4 is 10.2 Å². The van der Waals surface area contributed by atoms with Crippen LogP contribution in [0, 0.1) is 114 Å². The maximum Gasteiger partial charge on any atom is 0.235 e. The molecular formula is C82H100N2O13S2. The van der Waals surface area contributed by atoms with Crippen LogP contribution in [0.2, 0.25) is 0 Å². The van der Waals surface area contributed by atoms with Crippen LogP contribution in [0.4, 0.5) is 5.69 Å². The number of carbonyl (C=O) groups excluding carboxylic acids is 2. The van der Waals surface area contributed by atoms with E-state index in [-0.39, 0.29) is 103 Å². The number of allylic oxidation sites excluding steroid dienone is 6. The van der Waals surface area contributed by atoms with Gasteiger partial charge in [0.05, 0.1) is 66.2 Å². The highest BCUT2D eigenvalue weighted by Crippen LogP contribution is 2.86. The Morgan fingerprint density at radius 1 is 0.889 bits per heavy atom. The zero-order valence-corrected chi connectivity index (χ0v) is 59.4. The number of carbonyl (C=O) groups is 2. The number of fused-ring (bicyclic) bond motifs is 5. The van der Waals surface area contributed by atoms with Crippen molar-refractivity contribution in [2.45, 2.75) is 214 Å². The minimum absolute atomic E-state index is 0.00182. The molecule has 9 aliphatic heterocycles. The standard InChI is InChI=1S/C82H100N2O13S2/c1-45(2)46(3)65-67(97-65)79(94)20-9-18-71-23-25-96-81-22-16-62(79)80(71,81)21-15-47-26-55(32-56(87)27-47)84-41-76-54-29-51-14-13-48-35-72(82(76,68(84)91)73(51,36-48)42-85,44-98-99-69(92)75-39-64(89)74(93,43-86)40-70(75,4)60(38-71)58(81)34-63(75)88)17-7-12-53-30-52-11-5-6-19-77(52)57-33-61-49(10-8-24-95-61)28-50(57)37-78(53,83-77)59(31-54)66(76)90/h8-10,13-14,18,26-30,32,34,45-46,48,50,52,54,57,59-62,64-67,69,83,85-87,89-90,92-94H,5-6,11,15-17,19-25,31,33,35-44H2,1-4H3. The summed E-state index contributed by atoms with van der Waals surface area (Å²) in [5, 5.41) is 110. The molecule has 21 aliphatic rings. The van der Waals surface area contributed by atoms with Gasteiger partial charge in [-0.15, -0.1) is 0 Å². The van der Waals surface area contributed by atoms with E-state index in [9.17, 15) is 35.7 Å². The van der Waals surface area contributed by atoms with Crippen molar-refractivity contribution in [3.05, 3.63) is 107 Å². The van der Waals surface area contributed by atoms with Crippen molar-refractivity contribution in [3.8, 4) is 17.6 Å². The number of nitrogens with zero attached hydrogens (tertiary/aromatic N) is 1. The van der Waals surface area contributed by atoms with Gasteiger partial charge in [-0.3, -0.25) is 9.59 Å². The van der Waals surface area contributed by atoms with Crippen molar-refractivity contribution in [3.63, 3.8) is 0 Å². The van der Waals surface area contributed by atoms with Crippen LogP contribution in [0.1, 0.15) is 149 Å². The number of rotatable bonds is 5. The first-order chi connectivity index (χ1) is 47.4. The number of phenolic OH excluding ortho intramolecular Hbond substituents is 1. The first-order valence-corrected chi connectivity index (χ1v) is 40.6. The van der Waals surface area contributed by atoms with Crippen LogP contribution in [0.5, 0.6) is 5.75 Å². The number of aliphatic hydroxyl groups is 7. The Labute approximate surface area is 589 Å². The Hall–Kier alpha value is -3.84. The van der Waals surface area contributed by atoms with Gasteiger partial charge < -0.3 is 65.3 Å². The van der Waals surface area contributed by atoms with Gasteiger partial charge in [0.1, 0.15) is 28.5 Å². The molecule has 0 radical (unpaired) electrons. The molecular weight excluding hydrogens is 1290 g/mol. The maximum atomic E-state index is 18.1. The van der Waals surface area contributed by atoms with Gasteiger partial charge in [0.15, 0.2) is 5.78 Å². The van der Waals surface area contributed by atoms with E-state index in [1.165, 1.54) is 27.2 Å². The van der Waals surface area contributed by atoms with Crippen LogP contribution in [-0.2, 0) is 30.2 Å². The van der Waals surface area contributed by atoms with Crippen LogP contribution in [0.15, 0.2) is 101 Å². The molecule has 6 saturated carbocycles. The fourth-order valence-corrected chi connectivity index (χ4v) is 32.9. The minimum Gasteiger partial charge on any atom is -0.508 e. The summed E-state index contributed by atoms with van der Waals surface area (Å²) in [7, 11) is 2.61. The summed E-state index contributed by atoms with van der Waals surface area (Å²) in [5.74, 6) is 6.90. The third kappa shape index (κ3) is 7.34. The van der Waals surface area contributed by atoms with Gasteiger partial charge in [0.25, 0.3) is 0 Å². The van der Waals surface area contributed by atoms with Crippen LogP contribution in [0.3, 0.4) is 0 Å². The summed E-state index contributed by atoms with van der Waals surface area (Å²) in [4.78, 5) is 36.8. The molecule has 0 aromatic heterocycles. The van der Waals surface area contributed by atoms with Crippen LogP contribution >= 0.6 is 21.6 Å². The van der Waals surface area contributed by atoms with E-state index in [0.29, 0.717) is 94.9 Å². The first kappa shape index (κ1) is 64.7. The van der Waals surface area contributed by atoms with Crippen LogP contribution in [-0.4, -0.2) is 155 Å². The minimum atomic E-state index is -2.04. The number of phenols is 1. The quantitative estimate of drug-likeness (QED) is 0.0577. The summed E-state index contributed by atoms with van der Waals surface area (Å²) >= 11 is 0. The molecule has 17 heteroatoms. The Bertz CT molecular complexity index is 4040. The number of ketones is 1. The van der Waals surface area contributed by atoms with Gasteiger partial charge in [0, 0.05) is 87.1 Å². The van der Waals surface area contributed by atoms with Crippen molar-refractivity contribution < 1.29 is 64.7 Å². The molecule has 1 aromatic carbocycles. The number of nitrogens with one attached hydrogen (secondary N) is 1. The van der Waals surface area contributed by atoms with E-state index >= 15 is 14.7 Å². The number of piperidine rings is 1. The molecule has 28 atom stereocenters. The smallest absolute Gasteiger partial charge is 0.235 e. The highest BCUT2D eigenvalue weighted by atomic mass is 33.1. The number of aliphatic hydroxyl groups excluding tert-OH is 5. The Morgan fingerprint density at radius 2 is 1.75 bits per heavy atom. The fraction of sp³-hybridized carbons (Fsp3) is 0.707. The van der Waals surface area contributed by atoms with Crippen molar-refractivity contribution in [2.75, 3.05) is 43.6 Å². The molecule has 99 heavy (non-hydrogen) atoms. The van der Waals surface area contributed by atoms with Crippen LogP contribution in [0.25, 0.3) is 0 Å². The fourth-order valence-electron chi connectivity index (χ4n) is 29.6. The Balaban J connectivity index is 0.815. The molecule has 10 fully saturated rings. The number of aryl methyl sites for hydroxylation is 1. The lowest BCUT2D eigenvalue weighted by Gasteiger charge is -2.73. The molecule has 528 valence electrons. The number of anilines is 1. The van der Waals surface area contributed by atoms with E-state index in [0.717, 1.165) is 60.8 Å². The summed E-state index contributed by atoms with van der Waals surface area (Å²) in [6, 6.07) is 5.65. The number of hydrogen-bond donors (Lipinski definition) is 9. The third-order valence-electron chi connectivity index (χ3n) is 33.5. The molecule has 16 bridgehead atoms. The summed E-state index contributed by atoms with van der Waals surface area (Å²) in [6.07, 6.45) is 29.7. The SMILES string of the molecule is CC(C)C(C)C1OC1C1(O)CC=CC23CCOC45CCC1C24CCc1cc(O)cc(c1)N1CC24C6C=C7C=CC8CC(CC#CC9=CC%10CCCCC%10%11NC9(CC9C=C%10C=CCOC%10CC9%11)C(C6)C2O)(CSSC(O)C26CC(O)C(O)(CO)CC2(C)C(C3)C5=CC6=O)C4(C1=O)C7(CO)C8. The predicted octanol–water partition coefficient (Wildman–Crippen LogP) is 9.46. The number of ether oxygens (including phenoxy) is 3. The van der Waals surface area contributed by atoms with Gasteiger partial charge in [-0.2, -0.15) is 0 Å². The molecule has 22 rings (SSSR count).